The van der Waals surface area contributed by atoms with Crippen LogP contribution < -0.4 is 5.32 Å². The largest absolute Gasteiger partial charge is 0.392 e. The van der Waals surface area contributed by atoms with Crippen LogP contribution in [0.5, 0.6) is 0 Å². The van der Waals surface area contributed by atoms with Crippen molar-refractivity contribution in [2.75, 3.05) is 25.0 Å². The molecule has 1 amide bonds. The molecule has 1 fully saturated rings. The molecule has 0 aromatic heterocycles. The Morgan fingerprint density at radius 2 is 2.40 bits per heavy atom. The number of nitrogens with zero attached hydrogens (tertiary/aromatic N) is 2. The molecule has 1 heterocycles. The predicted molar refractivity (Wildman–Crippen MR) is 76.5 cm³/mol. The van der Waals surface area contributed by atoms with Crippen molar-refractivity contribution in [1.82, 2.24) is 4.90 Å². The van der Waals surface area contributed by atoms with Gasteiger partial charge in [-0.15, -0.1) is 0 Å². The van der Waals surface area contributed by atoms with E-state index in [4.69, 9.17) is 16.9 Å². The van der Waals surface area contributed by atoms with E-state index in [2.05, 4.69) is 10.2 Å². The first-order valence-electron chi connectivity index (χ1n) is 6.48. The molecule has 0 spiro atoms. The number of anilines is 1. The van der Waals surface area contributed by atoms with E-state index in [-0.39, 0.29) is 12.0 Å². The normalized spacial score (nSPS) is 18.8. The standard InChI is InChI=1S/C14H16ClN3O2/c15-13-7-11(2-1-10(13)8-16)17-14(20)4-6-18-5-3-12(19)9-18/h1-2,7,12,19H,3-6,9H2,(H,17,20)/t12-/m0/s1. The van der Waals surface area contributed by atoms with Crippen molar-refractivity contribution in [3.8, 4) is 6.07 Å². The van der Waals surface area contributed by atoms with E-state index >= 15 is 0 Å². The smallest absolute Gasteiger partial charge is 0.225 e. The van der Waals surface area contributed by atoms with Gasteiger partial charge in [0.1, 0.15) is 6.07 Å². The van der Waals surface area contributed by atoms with Gasteiger partial charge in [0.05, 0.1) is 16.7 Å². The maximum atomic E-state index is 11.8. The minimum Gasteiger partial charge on any atom is -0.392 e. The van der Waals surface area contributed by atoms with Crippen LogP contribution in [0.2, 0.25) is 5.02 Å². The topological polar surface area (TPSA) is 76.4 Å². The Bertz CT molecular complexity index is 542. The highest BCUT2D eigenvalue weighted by Crippen LogP contribution is 2.20. The molecule has 1 aromatic rings. The molecule has 106 valence electrons. The summed E-state index contributed by atoms with van der Waals surface area (Å²) in [6.07, 6.45) is 0.868. The van der Waals surface area contributed by atoms with Crippen LogP contribution in [0, 0.1) is 11.3 Å². The number of aliphatic hydroxyl groups is 1. The van der Waals surface area contributed by atoms with Crippen LogP contribution in [0.1, 0.15) is 18.4 Å². The Balaban J connectivity index is 1.82. The van der Waals surface area contributed by atoms with E-state index in [0.29, 0.717) is 35.8 Å². The van der Waals surface area contributed by atoms with Gasteiger partial charge in [0, 0.05) is 31.7 Å². The van der Waals surface area contributed by atoms with Crippen molar-refractivity contribution >= 4 is 23.2 Å². The number of nitriles is 1. The Morgan fingerprint density at radius 3 is 3.00 bits per heavy atom. The molecule has 2 rings (SSSR count). The zero-order chi connectivity index (χ0) is 14.5. The number of carbonyl (C=O) groups excluding carboxylic acids is 1. The predicted octanol–water partition coefficient (Wildman–Crippen LogP) is 1.61. The zero-order valence-electron chi connectivity index (χ0n) is 11.0. The number of aliphatic hydroxyl groups excluding tert-OH is 1. The van der Waals surface area contributed by atoms with E-state index in [1.54, 1.807) is 18.2 Å². The first-order chi connectivity index (χ1) is 9.58. The fraction of sp³-hybridized carbons (Fsp3) is 0.429. The molecular formula is C14H16ClN3O2. The molecule has 0 unspecified atom stereocenters. The fourth-order valence-corrected chi connectivity index (χ4v) is 2.40. The van der Waals surface area contributed by atoms with E-state index in [0.717, 1.165) is 13.0 Å². The van der Waals surface area contributed by atoms with Crippen molar-refractivity contribution in [3.63, 3.8) is 0 Å². The van der Waals surface area contributed by atoms with Crippen molar-refractivity contribution in [2.24, 2.45) is 0 Å². The van der Waals surface area contributed by atoms with Crippen LogP contribution in [-0.2, 0) is 4.79 Å². The summed E-state index contributed by atoms with van der Waals surface area (Å²) < 4.78 is 0. The van der Waals surface area contributed by atoms with Crippen LogP contribution >= 0.6 is 11.6 Å². The van der Waals surface area contributed by atoms with Gasteiger partial charge in [0.2, 0.25) is 5.91 Å². The number of hydrogen-bond donors (Lipinski definition) is 2. The van der Waals surface area contributed by atoms with Crippen LogP contribution in [-0.4, -0.2) is 41.7 Å². The van der Waals surface area contributed by atoms with Gasteiger partial charge in [0.25, 0.3) is 0 Å². The fourth-order valence-electron chi connectivity index (χ4n) is 2.18. The second-order valence-corrected chi connectivity index (χ2v) is 5.25. The van der Waals surface area contributed by atoms with Gasteiger partial charge >= 0.3 is 0 Å². The second-order valence-electron chi connectivity index (χ2n) is 4.85. The molecule has 1 aliphatic rings. The van der Waals surface area contributed by atoms with Gasteiger partial charge < -0.3 is 15.3 Å². The van der Waals surface area contributed by atoms with Crippen LogP contribution in [0.4, 0.5) is 5.69 Å². The number of hydrogen-bond acceptors (Lipinski definition) is 4. The maximum Gasteiger partial charge on any atom is 0.225 e. The van der Waals surface area contributed by atoms with Crippen LogP contribution in [0.15, 0.2) is 18.2 Å². The number of rotatable bonds is 4. The highest BCUT2D eigenvalue weighted by Gasteiger charge is 2.20. The summed E-state index contributed by atoms with van der Waals surface area (Å²) in [5.74, 6) is -0.104. The van der Waals surface area contributed by atoms with Gasteiger partial charge in [0.15, 0.2) is 0 Å². The van der Waals surface area contributed by atoms with Crippen molar-refractivity contribution < 1.29 is 9.90 Å². The Hall–Kier alpha value is -1.61. The summed E-state index contributed by atoms with van der Waals surface area (Å²) in [4.78, 5) is 13.9. The van der Waals surface area contributed by atoms with E-state index in [1.165, 1.54) is 0 Å². The highest BCUT2D eigenvalue weighted by molar-refractivity contribution is 6.32. The summed E-state index contributed by atoms with van der Waals surface area (Å²) >= 11 is 5.90. The van der Waals surface area contributed by atoms with Gasteiger partial charge in [-0.05, 0) is 24.6 Å². The van der Waals surface area contributed by atoms with Crippen molar-refractivity contribution in [3.05, 3.63) is 28.8 Å². The van der Waals surface area contributed by atoms with Crippen molar-refractivity contribution in [1.29, 1.82) is 5.26 Å². The zero-order valence-corrected chi connectivity index (χ0v) is 11.7. The van der Waals surface area contributed by atoms with Gasteiger partial charge in [-0.1, -0.05) is 11.6 Å². The quantitative estimate of drug-likeness (QED) is 0.884. The SMILES string of the molecule is N#Cc1ccc(NC(=O)CCN2CC[C@H](O)C2)cc1Cl. The molecule has 0 aliphatic carbocycles. The summed E-state index contributed by atoms with van der Waals surface area (Å²) in [5.41, 5.74) is 0.969. The number of halogens is 1. The molecule has 6 heteroatoms. The highest BCUT2D eigenvalue weighted by atomic mass is 35.5. The number of carbonyl (C=O) groups is 1. The third-order valence-corrected chi connectivity index (χ3v) is 3.59. The maximum absolute atomic E-state index is 11.8. The lowest BCUT2D eigenvalue weighted by Crippen LogP contribution is -2.26. The molecule has 1 aromatic carbocycles. The molecule has 0 saturated carbocycles. The minimum absolute atomic E-state index is 0.104. The number of β-amino-alcohol motifs (C(OH)–C–C–N with tert-alkyl or cyclic N) is 1. The molecule has 0 radical (unpaired) electrons. The first kappa shape index (κ1) is 14.8. The molecule has 1 atom stereocenters. The van der Waals surface area contributed by atoms with Gasteiger partial charge in [-0.2, -0.15) is 5.26 Å². The first-order valence-corrected chi connectivity index (χ1v) is 6.86. The molecule has 20 heavy (non-hydrogen) atoms. The van der Waals surface area contributed by atoms with E-state index in [1.807, 2.05) is 6.07 Å². The monoisotopic (exact) mass is 293 g/mol. The molecular weight excluding hydrogens is 278 g/mol. The lowest BCUT2D eigenvalue weighted by molar-refractivity contribution is -0.116. The second kappa shape index (κ2) is 6.71. The Kier molecular flexibility index (Phi) is 4.96. The third-order valence-electron chi connectivity index (χ3n) is 3.28. The molecule has 1 saturated heterocycles. The van der Waals surface area contributed by atoms with Gasteiger partial charge in [-0.25, -0.2) is 0 Å². The van der Waals surface area contributed by atoms with E-state index in [9.17, 15) is 9.90 Å². The summed E-state index contributed by atoms with van der Waals surface area (Å²) in [7, 11) is 0. The van der Waals surface area contributed by atoms with Gasteiger partial charge in [-0.3, -0.25) is 4.79 Å². The minimum atomic E-state index is -0.268. The van der Waals surface area contributed by atoms with E-state index < -0.39 is 0 Å². The summed E-state index contributed by atoms with van der Waals surface area (Å²) in [6.45, 7) is 2.10. The number of likely N-dealkylation sites (tertiary alicyclic amines) is 1. The number of benzene rings is 1. The lowest BCUT2D eigenvalue weighted by atomic mass is 10.2. The molecule has 5 nitrogen and oxygen atoms in total. The van der Waals surface area contributed by atoms with Crippen molar-refractivity contribution in [2.45, 2.75) is 18.9 Å². The number of nitrogens with one attached hydrogen (secondary N) is 1. The Morgan fingerprint density at radius 1 is 1.60 bits per heavy atom. The average molecular weight is 294 g/mol. The molecule has 0 bridgehead atoms. The number of amides is 1. The summed E-state index contributed by atoms with van der Waals surface area (Å²) in [6, 6.07) is 6.77. The molecule has 2 N–H and O–H groups in total. The lowest BCUT2D eigenvalue weighted by Gasteiger charge is -2.14. The summed E-state index contributed by atoms with van der Waals surface area (Å²) in [5, 5.41) is 21.2. The Labute approximate surface area is 122 Å². The average Bonchev–Trinajstić information content (AvgIpc) is 2.82. The molecule has 1 aliphatic heterocycles. The van der Waals surface area contributed by atoms with Crippen LogP contribution in [0.25, 0.3) is 0 Å². The third kappa shape index (κ3) is 3.94. The van der Waals surface area contributed by atoms with Crippen LogP contribution in [0.3, 0.4) is 0 Å².